The Morgan fingerprint density at radius 2 is 2.08 bits per heavy atom. The number of amides is 3. The number of aliphatic hydroxyl groups excluding tert-OH is 1. The molecule has 0 unspecified atom stereocenters. The summed E-state index contributed by atoms with van der Waals surface area (Å²) in [5.74, 6) is 0.622. The summed E-state index contributed by atoms with van der Waals surface area (Å²) >= 11 is 3.41. The maximum absolute atomic E-state index is 12.1. The monoisotopic (exact) mass is 415 g/mol. The van der Waals surface area contributed by atoms with Crippen LogP contribution in [0.3, 0.4) is 0 Å². The van der Waals surface area contributed by atoms with Crippen molar-refractivity contribution >= 4 is 27.9 Å². The first kappa shape index (κ1) is 21.2. The van der Waals surface area contributed by atoms with E-state index < -0.39 is 6.03 Å². The average molecular weight is 416 g/mol. The van der Waals surface area contributed by atoms with Crippen molar-refractivity contribution in [1.82, 2.24) is 10.6 Å². The number of nitrogens with one attached hydrogen (secondary N) is 2. The van der Waals surface area contributed by atoms with E-state index in [4.69, 9.17) is 15.6 Å². The molecule has 0 bridgehead atoms. The predicted molar refractivity (Wildman–Crippen MR) is 99.3 cm³/mol. The maximum atomic E-state index is 12.1. The summed E-state index contributed by atoms with van der Waals surface area (Å²) in [6, 6.07) is 4.90. The van der Waals surface area contributed by atoms with Gasteiger partial charge in [-0.05, 0) is 31.9 Å². The largest absolute Gasteiger partial charge is 0.493 e. The van der Waals surface area contributed by atoms with Crippen molar-refractivity contribution < 1.29 is 19.4 Å². The summed E-state index contributed by atoms with van der Waals surface area (Å²) in [4.78, 5) is 22.6. The van der Waals surface area contributed by atoms with E-state index in [1.807, 2.05) is 25.1 Å². The molecule has 1 aromatic rings. The molecule has 0 saturated carbocycles. The van der Waals surface area contributed by atoms with Gasteiger partial charge in [-0.25, -0.2) is 4.79 Å². The Hall–Kier alpha value is -1.80. The minimum Gasteiger partial charge on any atom is -0.493 e. The van der Waals surface area contributed by atoms with Gasteiger partial charge in [-0.3, -0.25) is 4.79 Å². The van der Waals surface area contributed by atoms with Gasteiger partial charge in [0.25, 0.3) is 0 Å². The van der Waals surface area contributed by atoms with Gasteiger partial charge in [-0.15, -0.1) is 0 Å². The number of unbranched alkanes of at least 4 members (excludes halogenated alkanes) is 1. The number of nitrogens with two attached hydrogens (primary N) is 1. The molecule has 1 aromatic carbocycles. The number of hydrogen-bond donors (Lipinski definition) is 4. The molecule has 0 aliphatic heterocycles. The summed E-state index contributed by atoms with van der Waals surface area (Å²) in [7, 11) is 0. The second-order valence-corrected chi connectivity index (χ2v) is 6.56. The van der Waals surface area contributed by atoms with Crippen molar-refractivity contribution in [3.8, 4) is 5.75 Å². The van der Waals surface area contributed by atoms with Crippen LogP contribution >= 0.6 is 15.9 Å². The number of ether oxygens (including phenoxy) is 1. The molecule has 3 amide bonds. The van der Waals surface area contributed by atoms with Crippen molar-refractivity contribution in [2.45, 2.75) is 38.6 Å². The molecular weight excluding hydrogens is 390 g/mol. The summed E-state index contributed by atoms with van der Waals surface area (Å²) in [5, 5.41) is 14.3. The Balaban J connectivity index is 2.51. The van der Waals surface area contributed by atoms with Gasteiger partial charge in [0.1, 0.15) is 5.75 Å². The lowest BCUT2D eigenvalue weighted by Crippen LogP contribution is -2.30. The van der Waals surface area contributed by atoms with Gasteiger partial charge in [0.05, 0.1) is 12.6 Å². The van der Waals surface area contributed by atoms with Crippen LogP contribution in [-0.2, 0) is 4.79 Å². The quantitative estimate of drug-likeness (QED) is 0.414. The highest BCUT2D eigenvalue weighted by Gasteiger charge is 2.14. The zero-order valence-electron chi connectivity index (χ0n) is 14.4. The van der Waals surface area contributed by atoms with E-state index in [0.29, 0.717) is 44.6 Å². The minimum atomic E-state index is -0.554. The lowest BCUT2D eigenvalue weighted by molar-refractivity contribution is -0.121. The molecule has 0 heterocycles. The zero-order valence-corrected chi connectivity index (χ0v) is 16.0. The molecule has 0 radical (unpaired) electrons. The Labute approximate surface area is 156 Å². The van der Waals surface area contributed by atoms with E-state index in [-0.39, 0.29) is 18.6 Å². The highest BCUT2D eigenvalue weighted by molar-refractivity contribution is 9.10. The molecule has 8 heteroatoms. The molecular formula is C17H26BrN3O4. The average Bonchev–Trinajstić information content (AvgIpc) is 2.54. The highest BCUT2D eigenvalue weighted by atomic mass is 79.9. The van der Waals surface area contributed by atoms with Crippen LogP contribution in [0.5, 0.6) is 5.75 Å². The van der Waals surface area contributed by atoms with Crippen molar-refractivity contribution in [1.29, 1.82) is 0 Å². The first-order chi connectivity index (χ1) is 11.9. The number of primary amides is 1. The third-order valence-corrected chi connectivity index (χ3v) is 4.00. The van der Waals surface area contributed by atoms with Crippen LogP contribution in [0, 0.1) is 0 Å². The van der Waals surface area contributed by atoms with Crippen molar-refractivity contribution in [2.75, 3.05) is 19.8 Å². The van der Waals surface area contributed by atoms with Gasteiger partial charge in [0, 0.05) is 36.0 Å². The normalized spacial score (nSPS) is 11.6. The summed E-state index contributed by atoms with van der Waals surface area (Å²) in [5.41, 5.74) is 5.85. The van der Waals surface area contributed by atoms with Crippen molar-refractivity contribution in [3.05, 3.63) is 28.2 Å². The van der Waals surface area contributed by atoms with Gasteiger partial charge < -0.3 is 26.2 Å². The number of carbonyl (C=O) groups excluding carboxylic acids is 2. The molecule has 0 aliphatic carbocycles. The second kappa shape index (κ2) is 11.7. The molecule has 7 nitrogen and oxygen atoms in total. The molecule has 0 aromatic heterocycles. The van der Waals surface area contributed by atoms with Gasteiger partial charge >= 0.3 is 6.03 Å². The molecule has 1 rings (SSSR count). The van der Waals surface area contributed by atoms with E-state index >= 15 is 0 Å². The molecule has 0 saturated heterocycles. The fraction of sp³-hybridized carbons (Fsp3) is 0.529. The van der Waals surface area contributed by atoms with Crippen LogP contribution < -0.4 is 21.1 Å². The predicted octanol–water partition coefficient (Wildman–Crippen LogP) is 2.23. The topological polar surface area (TPSA) is 114 Å². The van der Waals surface area contributed by atoms with Crippen LogP contribution in [0.2, 0.25) is 0 Å². The smallest absolute Gasteiger partial charge is 0.312 e. The van der Waals surface area contributed by atoms with Gasteiger partial charge in [0.15, 0.2) is 0 Å². The second-order valence-electron chi connectivity index (χ2n) is 5.65. The molecule has 5 N–H and O–H groups in total. The molecule has 0 aliphatic rings. The van der Waals surface area contributed by atoms with Crippen LogP contribution in [0.1, 0.15) is 44.2 Å². The van der Waals surface area contributed by atoms with Crippen LogP contribution in [-0.4, -0.2) is 36.8 Å². The summed E-state index contributed by atoms with van der Waals surface area (Å²) < 4.78 is 6.59. The van der Waals surface area contributed by atoms with Crippen LogP contribution in [0.15, 0.2) is 22.7 Å². The SMILES string of the molecule is C[C@@H](NC(=O)CCCCNC(N)=O)c1ccc(Br)cc1OCCCO. The first-order valence-electron chi connectivity index (χ1n) is 8.29. The zero-order chi connectivity index (χ0) is 18.7. The van der Waals surface area contributed by atoms with E-state index in [2.05, 4.69) is 26.6 Å². The Morgan fingerprint density at radius 3 is 2.76 bits per heavy atom. The fourth-order valence-electron chi connectivity index (χ4n) is 2.25. The summed E-state index contributed by atoms with van der Waals surface area (Å²) in [6.45, 7) is 2.84. The Kier molecular flexibility index (Phi) is 9.94. The van der Waals surface area contributed by atoms with Crippen molar-refractivity contribution in [2.24, 2.45) is 5.73 Å². The number of halogens is 1. The molecule has 25 heavy (non-hydrogen) atoms. The standard InChI is InChI=1S/C17H26BrN3O4/c1-12(21-16(23)5-2-3-8-20-17(19)24)14-7-6-13(18)11-15(14)25-10-4-9-22/h6-7,11-12,22H,2-5,8-10H2,1H3,(H,21,23)(H3,19,20,24)/t12-/m1/s1. The van der Waals surface area contributed by atoms with E-state index in [9.17, 15) is 9.59 Å². The molecule has 0 spiro atoms. The third-order valence-electron chi connectivity index (χ3n) is 3.51. The van der Waals surface area contributed by atoms with Gasteiger partial charge in [0.2, 0.25) is 5.91 Å². The minimum absolute atomic E-state index is 0.0594. The van der Waals surface area contributed by atoms with E-state index in [1.165, 1.54) is 0 Å². The van der Waals surface area contributed by atoms with E-state index in [0.717, 1.165) is 10.0 Å². The van der Waals surface area contributed by atoms with Crippen molar-refractivity contribution in [3.63, 3.8) is 0 Å². The number of rotatable bonds is 11. The number of urea groups is 1. The van der Waals surface area contributed by atoms with E-state index in [1.54, 1.807) is 0 Å². The van der Waals surface area contributed by atoms with Gasteiger partial charge in [-0.2, -0.15) is 0 Å². The lowest BCUT2D eigenvalue weighted by atomic mass is 10.1. The first-order valence-corrected chi connectivity index (χ1v) is 9.09. The third kappa shape index (κ3) is 8.74. The van der Waals surface area contributed by atoms with Gasteiger partial charge in [-0.1, -0.05) is 22.0 Å². The fourth-order valence-corrected chi connectivity index (χ4v) is 2.59. The Bertz CT molecular complexity index is 569. The molecule has 0 fully saturated rings. The number of benzene rings is 1. The van der Waals surface area contributed by atoms with Crippen LogP contribution in [0.4, 0.5) is 4.79 Å². The van der Waals surface area contributed by atoms with Crippen LogP contribution in [0.25, 0.3) is 0 Å². The lowest BCUT2D eigenvalue weighted by Gasteiger charge is -2.19. The Morgan fingerprint density at radius 1 is 1.32 bits per heavy atom. The summed E-state index contributed by atoms with van der Waals surface area (Å²) in [6.07, 6.45) is 2.28. The number of hydrogen-bond acceptors (Lipinski definition) is 4. The maximum Gasteiger partial charge on any atom is 0.312 e. The number of aliphatic hydroxyl groups is 1. The number of carbonyl (C=O) groups is 2. The highest BCUT2D eigenvalue weighted by Crippen LogP contribution is 2.29. The molecule has 140 valence electrons. The molecule has 1 atom stereocenters.